The van der Waals surface area contributed by atoms with Crippen LogP contribution in [-0.2, 0) is 4.79 Å². The Balaban J connectivity index is 1.79. The smallest absolute Gasteiger partial charge is 0.159 e. The fraction of sp³-hybridized carbons (Fsp3) is 0.810. The van der Waals surface area contributed by atoms with Gasteiger partial charge in [-0.05, 0) is 62.4 Å². The molecule has 0 bridgehead atoms. The summed E-state index contributed by atoms with van der Waals surface area (Å²) in [5.74, 6) is 0.351. The third-order valence-electron chi connectivity index (χ3n) is 8.90. The maximum absolute atomic E-state index is 11.9. The third kappa shape index (κ3) is 1.82. The highest BCUT2D eigenvalue weighted by Gasteiger charge is 2.71. The van der Waals surface area contributed by atoms with Crippen molar-refractivity contribution in [2.45, 2.75) is 76.9 Å². The van der Waals surface area contributed by atoms with Gasteiger partial charge in [0.15, 0.2) is 11.4 Å². The molecule has 0 heterocycles. The highest BCUT2D eigenvalue weighted by molar-refractivity contribution is 5.91. The lowest BCUT2D eigenvalue weighted by Gasteiger charge is -2.63. The van der Waals surface area contributed by atoms with E-state index >= 15 is 0 Å². The number of nitrogens with zero attached hydrogens (tertiary/aromatic N) is 1. The zero-order valence-electron chi connectivity index (χ0n) is 15.5. The quantitative estimate of drug-likeness (QED) is 0.662. The van der Waals surface area contributed by atoms with Crippen LogP contribution in [0.4, 0.5) is 0 Å². The van der Waals surface area contributed by atoms with Gasteiger partial charge in [-0.1, -0.05) is 26.3 Å². The summed E-state index contributed by atoms with van der Waals surface area (Å²) in [6.45, 7) is 6.16. The normalized spacial score (nSPS) is 54.8. The average molecular weight is 343 g/mol. The summed E-state index contributed by atoms with van der Waals surface area (Å²) in [6, 6.07) is 2.23. The molecule has 0 saturated heterocycles. The van der Waals surface area contributed by atoms with E-state index in [1.54, 1.807) is 6.08 Å². The van der Waals surface area contributed by atoms with Gasteiger partial charge in [-0.3, -0.25) is 4.79 Å². The van der Waals surface area contributed by atoms with Crippen LogP contribution in [0, 0.1) is 39.9 Å². The Bertz CT molecular complexity index is 708. The molecule has 3 saturated carbocycles. The molecule has 0 amide bonds. The van der Waals surface area contributed by atoms with Crippen LogP contribution >= 0.6 is 0 Å². The molecular weight excluding hydrogens is 314 g/mol. The lowest BCUT2D eigenvalue weighted by atomic mass is 9.44. The van der Waals surface area contributed by atoms with E-state index < -0.39 is 16.6 Å². The minimum absolute atomic E-state index is 0.0764. The van der Waals surface area contributed by atoms with Crippen molar-refractivity contribution in [1.29, 1.82) is 5.26 Å². The first-order valence-corrected chi connectivity index (χ1v) is 9.72. The van der Waals surface area contributed by atoms with E-state index in [1.165, 1.54) is 0 Å². The van der Waals surface area contributed by atoms with Gasteiger partial charge in [0.05, 0.1) is 11.7 Å². The number of rotatable bonds is 0. The maximum Gasteiger partial charge on any atom is 0.159 e. The van der Waals surface area contributed by atoms with E-state index in [1.807, 2.05) is 6.92 Å². The predicted octanol–water partition coefficient (Wildman–Crippen LogP) is 3.13. The van der Waals surface area contributed by atoms with E-state index in [0.29, 0.717) is 25.7 Å². The second kappa shape index (κ2) is 4.96. The van der Waals surface area contributed by atoms with Gasteiger partial charge in [-0.25, -0.2) is 0 Å². The maximum atomic E-state index is 11.9. The van der Waals surface area contributed by atoms with E-state index in [-0.39, 0.29) is 29.0 Å². The van der Waals surface area contributed by atoms with Gasteiger partial charge in [0.1, 0.15) is 0 Å². The van der Waals surface area contributed by atoms with Crippen molar-refractivity contribution in [3.05, 3.63) is 11.6 Å². The van der Waals surface area contributed by atoms with Crippen LogP contribution in [0.5, 0.6) is 0 Å². The standard InChI is InChI=1S/C21H29NO3/c1-13-10-17-16-5-4-14-11-15(23)6-7-18(14,2)20(16,24)9-8-19(17,3)21(13,25)12-22/h11,13,16-17,24-25H,4-10H2,1-3H3/t13-,16-,17-,18-,19-,20+,21?/m0/s1. The lowest BCUT2D eigenvalue weighted by molar-refractivity contribution is -0.203. The summed E-state index contributed by atoms with van der Waals surface area (Å²) >= 11 is 0. The number of ketones is 1. The predicted molar refractivity (Wildman–Crippen MR) is 93.3 cm³/mol. The monoisotopic (exact) mass is 343 g/mol. The minimum atomic E-state index is -1.31. The molecule has 4 rings (SSSR count). The molecule has 1 unspecified atom stereocenters. The van der Waals surface area contributed by atoms with Gasteiger partial charge in [-0.2, -0.15) is 5.26 Å². The topological polar surface area (TPSA) is 81.3 Å². The van der Waals surface area contributed by atoms with Crippen LogP contribution in [0.15, 0.2) is 11.6 Å². The van der Waals surface area contributed by atoms with Crippen LogP contribution in [0.25, 0.3) is 0 Å². The molecule has 25 heavy (non-hydrogen) atoms. The lowest BCUT2D eigenvalue weighted by Crippen LogP contribution is -2.64. The third-order valence-corrected chi connectivity index (χ3v) is 8.90. The molecule has 0 aliphatic heterocycles. The summed E-state index contributed by atoms with van der Waals surface area (Å²) in [6.07, 6.45) is 6.76. The van der Waals surface area contributed by atoms with Crippen molar-refractivity contribution in [2.75, 3.05) is 0 Å². The fourth-order valence-corrected chi connectivity index (χ4v) is 7.09. The van der Waals surface area contributed by atoms with Crippen LogP contribution < -0.4 is 0 Å². The molecule has 3 fully saturated rings. The zero-order chi connectivity index (χ0) is 18.3. The Labute approximate surface area is 149 Å². The van der Waals surface area contributed by atoms with Crippen molar-refractivity contribution in [2.24, 2.45) is 28.6 Å². The first kappa shape index (κ1) is 17.2. The molecule has 2 N–H and O–H groups in total. The van der Waals surface area contributed by atoms with Crippen molar-refractivity contribution in [3.63, 3.8) is 0 Å². The second-order valence-electron chi connectivity index (χ2n) is 9.58. The molecular formula is C21H29NO3. The van der Waals surface area contributed by atoms with Gasteiger partial charge in [0.2, 0.25) is 0 Å². The van der Waals surface area contributed by atoms with Crippen LogP contribution in [0.2, 0.25) is 0 Å². The number of hydrogen-bond acceptors (Lipinski definition) is 4. The van der Waals surface area contributed by atoms with Crippen molar-refractivity contribution in [1.82, 2.24) is 0 Å². The molecule has 4 heteroatoms. The number of carbonyl (C=O) groups is 1. The summed E-state index contributed by atoms with van der Waals surface area (Å²) in [4.78, 5) is 11.9. The molecule has 4 aliphatic carbocycles. The molecule has 0 aromatic carbocycles. The molecule has 4 aliphatic rings. The van der Waals surface area contributed by atoms with E-state index in [0.717, 1.165) is 24.8 Å². The highest BCUT2D eigenvalue weighted by Crippen LogP contribution is 2.69. The number of fused-ring (bicyclic) bond motifs is 5. The number of carbonyl (C=O) groups excluding carboxylic acids is 1. The Hall–Kier alpha value is -1.18. The summed E-state index contributed by atoms with van der Waals surface area (Å²) in [5, 5.41) is 32.8. The number of nitriles is 1. The Kier molecular flexibility index (Phi) is 3.42. The molecule has 0 aromatic heterocycles. The molecule has 136 valence electrons. The van der Waals surface area contributed by atoms with E-state index in [4.69, 9.17) is 0 Å². The van der Waals surface area contributed by atoms with E-state index in [2.05, 4.69) is 19.9 Å². The number of aliphatic hydroxyl groups is 2. The van der Waals surface area contributed by atoms with Gasteiger partial charge < -0.3 is 10.2 Å². The largest absolute Gasteiger partial charge is 0.389 e. The molecule has 7 atom stereocenters. The average Bonchev–Trinajstić information content (AvgIpc) is 2.78. The zero-order valence-corrected chi connectivity index (χ0v) is 15.5. The van der Waals surface area contributed by atoms with Crippen LogP contribution in [0.1, 0.15) is 65.7 Å². The summed E-state index contributed by atoms with van der Waals surface area (Å²) < 4.78 is 0. The fourth-order valence-electron chi connectivity index (χ4n) is 7.09. The van der Waals surface area contributed by atoms with Crippen molar-refractivity contribution < 1.29 is 15.0 Å². The summed E-state index contributed by atoms with van der Waals surface area (Å²) in [5.41, 5.74) is -1.82. The molecule has 0 radical (unpaired) electrons. The number of hydrogen-bond donors (Lipinski definition) is 2. The molecule has 0 spiro atoms. The van der Waals surface area contributed by atoms with Crippen molar-refractivity contribution in [3.8, 4) is 6.07 Å². The Morgan fingerprint density at radius 3 is 2.56 bits per heavy atom. The Morgan fingerprint density at radius 2 is 1.88 bits per heavy atom. The van der Waals surface area contributed by atoms with Gasteiger partial charge >= 0.3 is 0 Å². The Morgan fingerprint density at radius 1 is 1.16 bits per heavy atom. The van der Waals surface area contributed by atoms with Crippen LogP contribution in [-0.4, -0.2) is 27.2 Å². The first-order chi connectivity index (χ1) is 11.6. The molecule has 0 aromatic rings. The van der Waals surface area contributed by atoms with Gasteiger partial charge in [0, 0.05) is 17.3 Å². The summed E-state index contributed by atoms with van der Waals surface area (Å²) in [7, 11) is 0. The first-order valence-electron chi connectivity index (χ1n) is 9.72. The van der Waals surface area contributed by atoms with Crippen molar-refractivity contribution >= 4 is 5.78 Å². The molecule has 4 nitrogen and oxygen atoms in total. The highest BCUT2D eigenvalue weighted by atomic mass is 16.3. The van der Waals surface area contributed by atoms with E-state index in [9.17, 15) is 20.3 Å². The van der Waals surface area contributed by atoms with Gasteiger partial charge in [0.25, 0.3) is 0 Å². The van der Waals surface area contributed by atoms with Gasteiger partial charge in [-0.15, -0.1) is 0 Å². The SMILES string of the molecule is C[C@H]1C[C@H]2[C@@H]3CCC4=CC(=O)CC[C@]4(C)[C@@]3(O)CC[C@]2(C)C1(O)C#N. The van der Waals surface area contributed by atoms with Crippen LogP contribution in [0.3, 0.4) is 0 Å². The second-order valence-corrected chi connectivity index (χ2v) is 9.58. The minimum Gasteiger partial charge on any atom is -0.389 e.